The minimum Gasteiger partial charge on any atom is -0.396 e. The second-order valence-corrected chi connectivity index (χ2v) is 8.21. The zero-order valence-electron chi connectivity index (χ0n) is 17.6. The normalized spacial score (nSPS) is 17.4. The summed E-state index contributed by atoms with van der Waals surface area (Å²) >= 11 is 6.28. The molecule has 6 heteroatoms. The Hall–Kier alpha value is -2.08. The number of aliphatic hydroxyl groups excluding tert-OH is 1. The molecular weight excluding hydrogens is 398 g/mol. The van der Waals surface area contributed by atoms with Crippen LogP contribution in [0.5, 0.6) is 0 Å². The molecule has 162 valence electrons. The highest BCUT2D eigenvalue weighted by Gasteiger charge is 2.34. The number of aliphatic imine (C=N–C) groups is 1. The van der Waals surface area contributed by atoms with Gasteiger partial charge in [0.05, 0.1) is 13.2 Å². The van der Waals surface area contributed by atoms with Crippen molar-refractivity contribution in [3.8, 4) is 0 Å². The Kier molecular flexibility index (Phi) is 8.55. The van der Waals surface area contributed by atoms with Crippen LogP contribution < -0.4 is 10.6 Å². The largest absolute Gasteiger partial charge is 0.396 e. The number of rotatable bonds is 8. The van der Waals surface area contributed by atoms with Crippen LogP contribution in [0.2, 0.25) is 5.02 Å². The van der Waals surface area contributed by atoms with E-state index in [-0.39, 0.29) is 17.9 Å². The number of nitrogens with one attached hydrogen (secondary N) is 2. The quantitative estimate of drug-likeness (QED) is 0.442. The zero-order valence-corrected chi connectivity index (χ0v) is 18.4. The third-order valence-electron chi connectivity index (χ3n) is 5.78. The highest BCUT2D eigenvalue weighted by Crippen LogP contribution is 2.36. The monoisotopic (exact) mass is 429 g/mol. The van der Waals surface area contributed by atoms with Gasteiger partial charge in [0.15, 0.2) is 5.96 Å². The maximum atomic E-state index is 9.85. The van der Waals surface area contributed by atoms with Crippen molar-refractivity contribution < 1.29 is 9.84 Å². The van der Waals surface area contributed by atoms with Gasteiger partial charge in [0.2, 0.25) is 0 Å². The lowest BCUT2D eigenvalue weighted by Gasteiger charge is -2.37. The number of hydrogen-bond acceptors (Lipinski definition) is 3. The summed E-state index contributed by atoms with van der Waals surface area (Å²) < 4.78 is 5.63. The van der Waals surface area contributed by atoms with Gasteiger partial charge in [-0.05, 0) is 43.0 Å². The Morgan fingerprint density at radius 3 is 2.57 bits per heavy atom. The van der Waals surface area contributed by atoms with Crippen molar-refractivity contribution in [3.05, 3.63) is 70.7 Å². The minimum absolute atomic E-state index is 0.0139. The summed E-state index contributed by atoms with van der Waals surface area (Å²) in [5.41, 5.74) is 2.25. The minimum atomic E-state index is -0.0820. The number of guanidine groups is 1. The van der Waals surface area contributed by atoms with Crippen LogP contribution in [0, 0.1) is 0 Å². The highest BCUT2D eigenvalue weighted by molar-refractivity contribution is 6.30. The SMILES string of the molecule is CCNC(=NCC1(c2cccc(Cl)c2)CCOCC1)NCC(CO)c1ccccc1. The van der Waals surface area contributed by atoms with Crippen LogP contribution in [0.25, 0.3) is 0 Å². The molecule has 0 amide bonds. The Bertz CT molecular complexity index is 807. The topological polar surface area (TPSA) is 65.9 Å². The van der Waals surface area contributed by atoms with E-state index in [0.717, 1.165) is 49.1 Å². The van der Waals surface area contributed by atoms with Gasteiger partial charge in [0, 0.05) is 42.7 Å². The van der Waals surface area contributed by atoms with Gasteiger partial charge in [-0.15, -0.1) is 0 Å². The number of ether oxygens (including phenoxy) is 1. The summed E-state index contributed by atoms with van der Waals surface area (Å²) in [6, 6.07) is 18.2. The van der Waals surface area contributed by atoms with Crippen molar-refractivity contribution in [2.45, 2.75) is 31.1 Å². The molecule has 5 nitrogen and oxygen atoms in total. The Labute approximate surface area is 184 Å². The predicted octanol–water partition coefficient (Wildman–Crippen LogP) is 3.72. The van der Waals surface area contributed by atoms with Crippen LogP contribution in [0.3, 0.4) is 0 Å². The summed E-state index contributed by atoms with van der Waals surface area (Å²) in [6.07, 6.45) is 1.83. The average molecular weight is 430 g/mol. The first-order valence-electron chi connectivity index (χ1n) is 10.7. The van der Waals surface area contributed by atoms with Crippen molar-refractivity contribution in [2.75, 3.05) is 39.5 Å². The molecule has 0 aromatic heterocycles. The Morgan fingerprint density at radius 2 is 1.90 bits per heavy atom. The Balaban J connectivity index is 1.74. The van der Waals surface area contributed by atoms with Gasteiger partial charge in [-0.3, -0.25) is 4.99 Å². The molecule has 1 saturated heterocycles. The molecule has 3 rings (SSSR count). The highest BCUT2D eigenvalue weighted by atomic mass is 35.5. The third kappa shape index (κ3) is 5.97. The van der Waals surface area contributed by atoms with E-state index in [2.05, 4.69) is 29.7 Å². The van der Waals surface area contributed by atoms with Crippen molar-refractivity contribution in [3.63, 3.8) is 0 Å². The van der Waals surface area contributed by atoms with Gasteiger partial charge in [-0.25, -0.2) is 0 Å². The number of aliphatic hydroxyl groups is 1. The van der Waals surface area contributed by atoms with E-state index in [4.69, 9.17) is 21.3 Å². The lowest BCUT2D eigenvalue weighted by atomic mass is 9.74. The molecule has 1 unspecified atom stereocenters. The van der Waals surface area contributed by atoms with Crippen molar-refractivity contribution in [1.82, 2.24) is 10.6 Å². The smallest absolute Gasteiger partial charge is 0.191 e. The lowest BCUT2D eigenvalue weighted by Crippen LogP contribution is -2.42. The molecule has 2 aromatic carbocycles. The summed E-state index contributed by atoms with van der Waals surface area (Å²) in [5.74, 6) is 0.778. The molecule has 1 fully saturated rings. The maximum Gasteiger partial charge on any atom is 0.191 e. The van der Waals surface area contributed by atoms with E-state index in [9.17, 15) is 5.11 Å². The van der Waals surface area contributed by atoms with Crippen LogP contribution in [0.4, 0.5) is 0 Å². The van der Waals surface area contributed by atoms with Gasteiger partial charge in [0.25, 0.3) is 0 Å². The summed E-state index contributed by atoms with van der Waals surface area (Å²) in [7, 11) is 0. The van der Waals surface area contributed by atoms with E-state index in [1.165, 1.54) is 5.56 Å². The third-order valence-corrected chi connectivity index (χ3v) is 6.01. The van der Waals surface area contributed by atoms with E-state index in [1.54, 1.807) is 0 Å². The molecule has 0 spiro atoms. The molecule has 1 heterocycles. The molecule has 1 aliphatic rings. The summed E-state index contributed by atoms with van der Waals surface area (Å²) in [6.45, 7) is 5.63. The predicted molar refractivity (Wildman–Crippen MR) is 123 cm³/mol. The summed E-state index contributed by atoms with van der Waals surface area (Å²) in [5, 5.41) is 17.3. The van der Waals surface area contributed by atoms with Crippen LogP contribution >= 0.6 is 11.6 Å². The van der Waals surface area contributed by atoms with E-state index in [1.807, 2.05) is 42.5 Å². The van der Waals surface area contributed by atoms with Gasteiger partial charge < -0.3 is 20.5 Å². The van der Waals surface area contributed by atoms with Crippen molar-refractivity contribution >= 4 is 17.6 Å². The molecule has 0 aliphatic carbocycles. The van der Waals surface area contributed by atoms with Gasteiger partial charge in [0.1, 0.15) is 0 Å². The van der Waals surface area contributed by atoms with Gasteiger partial charge >= 0.3 is 0 Å². The standard InChI is InChI=1S/C24H32ClN3O2/c1-2-26-23(27-16-20(17-29)19-7-4-3-5-8-19)28-18-24(11-13-30-14-12-24)21-9-6-10-22(25)15-21/h3-10,15,20,29H,2,11-14,16-18H2,1H3,(H2,26,27,28). The number of halogens is 1. The van der Waals surface area contributed by atoms with Crippen LogP contribution in [-0.2, 0) is 10.2 Å². The van der Waals surface area contributed by atoms with E-state index >= 15 is 0 Å². The zero-order chi connectivity index (χ0) is 21.2. The summed E-state index contributed by atoms with van der Waals surface area (Å²) in [4.78, 5) is 4.93. The molecule has 30 heavy (non-hydrogen) atoms. The van der Waals surface area contributed by atoms with E-state index < -0.39 is 0 Å². The maximum absolute atomic E-state index is 9.85. The molecule has 1 atom stereocenters. The first-order valence-corrected chi connectivity index (χ1v) is 11.1. The van der Waals surface area contributed by atoms with Gasteiger partial charge in [-0.2, -0.15) is 0 Å². The fourth-order valence-corrected chi connectivity index (χ4v) is 4.11. The molecule has 0 radical (unpaired) electrons. The average Bonchev–Trinajstić information content (AvgIpc) is 2.79. The lowest BCUT2D eigenvalue weighted by molar-refractivity contribution is 0.0531. The first kappa shape index (κ1) is 22.6. The van der Waals surface area contributed by atoms with Crippen LogP contribution in [0.1, 0.15) is 36.8 Å². The molecule has 0 bridgehead atoms. The molecule has 3 N–H and O–H groups in total. The van der Waals surface area contributed by atoms with Crippen molar-refractivity contribution in [1.29, 1.82) is 0 Å². The van der Waals surface area contributed by atoms with Crippen LogP contribution in [-0.4, -0.2) is 50.5 Å². The second-order valence-electron chi connectivity index (χ2n) is 7.77. The van der Waals surface area contributed by atoms with Crippen LogP contribution in [0.15, 0.2) is 59.6 Å². The fourth-order valence-electron chi connectivity index (χ4n) is 3.92. The Morgan fingerprint density at radius 1 is 1.13 bits per heavy atom. The first-order chi connectivity index (χ1) is 14.7. The number of benzene rings is 2. The number of hydrogen-bond donors (Lipinski definition) is 3. The second kappa shape index (κ2) is 11.3. The molecule has 1 aliphatic heterocycles. The molecule has 2 aromatic rings. The fraction of sp³-hybridized carbons (Fsp3) is 0.458. The van der Waals surface area contributed by atoms with Gasteiger partial charge in [-0.1, -0.05) is 54.1 Å². The molecule has 0 saturated carbocycles. The van der Waals surface area contributed by atoms with E-state index in [0.29, 0.717) is 13.1 Å². The van der Waals surface area contributed by atoms with Crippen molar-refractivity contribution in [2.24, 2.45) is 4.99 Å². The number of nitrogens with zero attached hydrogens (tertiary/aromatic N) is 1. The molecular formula is C24H32ClN3O2.